The molecule has 0 fully saturated rings. The van der Waals surface area contributed by atoms with Crippen LogP contribution in [0.1, 0.15) is 5.82 Å². The zero-order chi connectivity index (χ0) is 19.7. The van der Waals surface area contributed by atoms with Crippen LogP contribution in [0.2, 0.25) is 0 Å². The molecule has 2 N–H and O–H groups in total. The van der Waals surface area contributed by atoms with Crippen LogP contribution in [0.5, 0.6) is 0 Å². The molecule has 2 aromatic heterocycles. The van der Waals surface area contributed by atoms with E-state index in [9.17, 15) is 18.4 Å². The van der Waals surface area contributed by atoms with Crippen molar-refractivity contribution in [3.8, 4) is 11.3 Å². The van der Waals surface area contributed by atoms with Gasteiger partial charge in [0, 0.05) is 11.6 Å². The Hall–Kier alpha value is -3.88. The minimum Gasteiger partial charge on any atom is -0.323 e. The van der Waals surface area contributed by atoms with E-state index in [0.717, 1.165) is 23.8 Å². The predicted molar refractivity (Wildman–Crippen MR) is 97.7 cm³/mol. The van der Waals surface area contributed by atoms with Gasteiger partial charge in [-0.15, -0.1) is 0 Å². The largest absolute Gasteiger partial charge is 0.323 e. The summed E-state index contributed by atoms with van der Waals surface area (Å²) in [7, 11) is 0. The van der Waals surface area contributed by atoms with E-state index in [2.05, 4.69) is 20.6 Å². The first-order valence-electron chi connectivity index (χ1n) is 8.29. The fourth-order valence-corrected chi connectivity index (χ4v) is 2.76. The maximum atomic E-state index is 13.7. The van der Waals surface area contributed by atoms with Gasteiger partial charge in [-0.2, -0.15) is 10.2 Å². The fourth-order valence-electron chi connectivity index (χ4n) is 2.76. The quantitative estimate of drug-likeness (QED) is 0.568. The Bertz CT molecular complexity index is 1230. The summed E-state index contributed by atoms with van der Waals surface area (Å²) in [5, 5.41) is 12.8. The van der Waals surface area contributed by atoms with Crippen molar-refractivity contribution >= 4 is 17.1 Å². The van der Waals surface area contributed by atoms with Gasteiger partial charge in [0.25, 0.3) is 5.56 Å². The lowest BCUT2D eigenvalue weighted by Gasteiger charge is -2.07. The number of nitrogens with zero attached hydrogens (tertiary/aromatic N) is 3. The molecule has 2 heterocycles. The predicted octanol–water partition coefficient (Wildman–Crippen LogP) is 2.54. The van der Waals surface area contributed by atoms with Crippen LogP contribution in [0, 0.1) is 11.6 Å². The van der Waals surface area contributed by atoms with E-state index >= 15 is 0 Å². The number of aromatic amines is 1. The number of benzene rings is 2. The van der Waals surface area contributed by atoms with Crippen LogP contribution in [0.25, 0.3) is 16.8 Å². The van der Waals surface area contributed by atoms with Crippen molar-refractivity contribution in [2.75, 3.05) is 5.32 Å². The number of rotatable bonds is 4. The molecule has 140 valence electrons. The van der Waals surface area contributed by atoms with E-state index in [0.29, 0.717) is 5.69 Å². The third-order valence-electron chi connectivity index (χ3n) is 4.06. The number of halogens is 2. The Morgan fingerprint density at radius 1 is 1.11 bits per heavy atom. The molecule has 0 unspecified atom stereocenters. The Balaban J connectivity index is 1.66. The second kappa shape index (κ2) is 7.03. The van der Waals surface area contributed by atoms with E-state index in [4.69, 9.17) is 0 Å². The number of amides is 1. The molecule has 9 heteroatoms. The lowest BCUT2D eigenvalue weighted by Crippen LogP contribution is -2.22. The van der Waals surface area contributed by atoms with Gasteiger partial charge in [0.05, 0.1) is 17.8 Å². The summed E-state index contributed by atoms with van der Waals surface area (Å²) >= 11 is 0. The number of hydrogen-bond donors (Lipinski definition) is 2. The van der Waals surface area contributed by atoms with Crippen LogP contribution in [-0.2, 0) is 11.2 Å². The van der Waals surface area contributed by atoms with Gasteiger partial charge in [-0.3, -0.25) is 9.59 Å². The molecular weight excluding hydrogens is 368 g/mol. The van der Waals surface area contributed by atoms with Crippen molar-refractivity contribution < 1.29 is 13.6 Å². The second-order valence-electron chi connectivity index (χ2n) is 6.01. The zero-order valence-electron chi connectivity index (χ0n) is 14.3. The number of nitrogens with one attached hydrogen (secondary N) is 2. The molecule has 0 radical (unpaired) electrons. The molecule has 0 bridgehead atoms. The van der Waals surface area contributed by atoms with E-state index in [-0.39, 0.29) is 23.4 Å². The second-order valence-corrected chi connectivity index (χ2v) is 6.01. The van der Waals surface area contributed by atoms with Crippen LogP contribution in [0.15, 0.2) is 59.4 Å². The van der Waals surface area contributed by atoms with Gasteiger partial charge in [0.1, 0.15) is 17.2 Å². The number of fused-ring (bicyclic) bond motifs is 1. The molecule has 4 aromatic rings. The highest BCUT2D eigenvalue weighted by Crippen LogP contribution is 2.19. The molecule has 7 nitrogen and oxygen atoms in total. The number of carbonyl (C=O) groups is 1. The molecule has 0 aliphatic heterocycles. The molecule has 4 rings (SSSR count). The van der Waals surface area contributed by atoms with Crippen LogP contribution in [-0.4, -0.2) is 25.7 Å². The van der Waals surface area contributed by atoms with E-state index in [1.807, 2.05) is 30.3 Å². The summed E-state index contributed by atoms with van der Waals surface area (Å²) in [5.74, 6) is -1.94. The molecule has 0 aliphatic carbocycles. The first-order chi connectivity index (χ1) is 13.5. The molecule has 28 heavy (non-hydrogen) atoms. The van der Waals surface area contributed by atoms with Crippen molar-refractivity contribution in [2.24, 2.45) is 0 Å². The monoisotopic (exact) mass is 381 g/mol. The van der Waals surface area contributed by atoms with Crippen molar-refractivity contribution in [1.29, 1.82) is 0 Å². The summed E-state index contributed by atoms with van der Waals surface area (Å²) in [6.07, 6.45) is -0.306. The molecule has 0 spiro atoms. The maximum absolute atomic E-state index is 13.7. The SMILES string of the molecule is O=C(Cc1n[nH]c(=O)c2cc(-c3ccccc3)nn12)Nc1cc(F)ccc1F. The standard InChI is InChI=1S/C19H13F2N5O2/c20-12-6-7-13(21)15(8-12)22-18(27)10-17-23-24-19(28)16-9-14(25-26(16)17)11-4-2-1-3-5-11/h1-9H,10H2,(H,22,27)(H,24,28). The van der Waals surface area contributed by atoms with E-state index < -0.39 is 23.1 Å². The number of aromatic nitrogens is 4. The van der Waals surface area contributed by atoms with Gasteiger partial charge in [0.2, 0.25) is 5.91 Å². The summed E-state index contributed by atoms with van der Waals surface area (Å²) in [5.41, 5.74) is 0.805. The summed E-state index contributed by atoms with van der Waals surface area (Å²) < 4.78 is 28.2. The van der Waals surface area contributed by atoms with Crippen LogP contribution in [0.4, 0.5) is 14.5 Å². The number of H-pyrrole nitrogens is 1. The van der Waals surface area contributed by atoms with E-state index in [1.165, 1.54) is 4.52 Å². The Labute approximate surface area is 156 Å². The topological polar surface area (TPSA) is 92.2 Å². The minimum atomic E-state index is -0.764. The number of hydrogen-bond acceptors (Lipinski definition) is 4. The number of carbonyl (C=O) groups excluding carboxylic acids is 1. The fraction of sp³-hybridized carbons (Fsp3) is 0.0526. The van der Waals surface area contributed by atoms with Crippen molar-refractivity contribution in [1.82, 2.24) is 19.8 Å². The van der Waals surface area contributed by atoms with Gasteiger partial charge in [-0.25, -0.2) is 18.4 Å². The third kappa shape index (κ3) is 3.37. The normalized spacial score (nSPS) is 10.9. The first-order valence-corrected chi connectivity index (χ1v) is 8.29. The summed E-state index contributed by atoms with van der Waals surface area (Å²) in [6.45, 7) is 0. The summed E-state index contributed by atoms with van der Waals surface area (Å²) in [6, 6.07) is 13.5. The highest BCUT2D eigenvalue weighted by atomic mass is 19.1. The average Bonchev–Trinajstić information content (AvgIpc) is 3.14. The Morgan fingerprint density at radius 3 is 2.68 bits per heavy atom. The van der Waals surface area contributed by atoms with Crippen molar-refractivity contribution in [3.05, 3.63) is 82.4 Å². The average molecular weight is 381 g/mol. The summed E-state index contributed by atoms with van der Waals surface area (Å²) in [4.78, 5) is 24.3. The smallest absolute Gasteiger partial charge is 0.290 e. The van der Waals surface area contributed by atoms with Gasteiger partial charge in [-0.05, 0) is 18.2 Å². The molecule has 1 amide bonds. The zero-order valence-corrected chi connectivity index (χ0v) is 14.3. The van der Waals surface area contributed by atoms with Gasteiger partial charge in [-0.1, -0.05) is 30.3 Å². The van der Waals surface area contributed by atoms with Crippen molar-refractivity contribution in [2.45, 2.75) is 6.42 Å². The third-order valence-corrected chi connectivity index (χ3v) is 4.06. The van der Waals surface area contributed by atoms with Crippen LogP contribution < -0.4 is 10.9 Å². The lowest BCUT2D eigenvalue weighted by atomic mass is 10.1. The highest BCUT2D eigenvalue weighted by Gasteiger charge is 2.16. The molecule has 0 atom stereocenters. The maximum Gasteiger partial charge on any atom is 0.290 e. The van der Waals surface area contributed by atoms with Gasteiger partial charge in [0.15, 0.2) is 5.82 Å². The first kappa shape index (κ1) is 17.5. The van der Waals surface area contributed by atoms with Gasteiger partial charge < -0.3 is 5.32 Å². The number of anilines is 1. The van der Waals surface area contributed by atoms with Crippen LogP contribution >= 0.6 is 0 Å². The molecule has 2 aromatic carbocycles. The molecule has 0 aliphatic rings. The molecule has 0 saturated carbocycles. The van der Waals surface area contributed by atoms with E-state index in [1.54, 1.807) is 6.07 Å². The Morgan fingerprint density at radius 2 is 1.89 bits per heavy atom. The Kier molecular flexibility index (Phi) is 4.40. The molecule has 0 saturated heterocycles. The molecular formula is C19H13F2N5O2. The minimum absolute atomic E-state index is 0.145. The van der Waals surface area contributed by atoms with Crippen molar-refractivity contribution in [3.63, 3.8) is 0 Å². The lowest BCUT2D eigenvalue weighted by molar-refractivity contribution is -0.115. The highest BCUT2D eigenvalue weighted by molar-refractivity contribution is 5.92. The van der Waals surface area contributed by atoms with Gasteiger partial charge >= 0.3 is 0 Å². The van der Waals surface area contributed by atoms with Crippen LogP contribution in [0.3, 0.4) is 0 Å².